The highest BCUT2D eigenvalue weighted by Gasteiger charge is 2.20. The first-order valence-electron chi connectivity index (χ1n) is 10.9. The molecule has 1 aliphatic rings. The Bertz CT molecular complexity index is 1220. The number of amides is 1. The highest BCUT2D eigenvalue weighted by molar-refractivity contribution is 5.87. The highest BCUT2D eigenvalue weighted by Crippen LogP contribution is 2.29. The zero-order chi connectivity index (χ0) is 21.8. The third kappa shape index (κ3) is 4.33. The Morgan fingerprint density at radius 1 is 1.16 bits per heavy atom. The van der Waals surface area contributed by atoms with Crippen molar-refractivity contribution in [1.29, 1.82) is 0 Å². The van der Waals surface area contributed by atoms with Gasteiger partial charge in [-0.2, -0.15) is 5.10 Å². The molecule has 1 saturated heterocycles. The van der Waals surface area contributed by atoms with E-state index in [1.54, 1.807) is 0 Å². The molecule has 0 spiro atoms. The van der Waals surface area contributed by atoms with Crippen molar-refractivity contribution in [2.75, 3.05) is 18.4 Å². The van der Waals surface area contributed by atoms with E-state index in [4.69, 9.17) is 4.74 Å². The number of nitrogens with zero attached hydrogens (tertiary/aromatic N) is 3. The van der Waals surface area contributed by atoms with E-state index in [1.165, 1.54) is 5.69 Å². The summed E-state index contributed by atoms with van der Waals surface area (Å²) in [4.78, 5) is 16.8. The van der Waals surface area contributed by atoms with Crippen molar-refractivity contribution in [3.8, 4) is 11.1 Å². The van der Waals surface area contributed by atoms with Gasteiger partial charge in [-0.3, -0.25) is 5.32 Å². The van der Waals surface area contributed by atoms with Gasteiger partial charge in [0.05, 0.1) is 11.9 Å². The average Bonchev–Trinajstić information content (AvgIpc) is 3.29. The fourth-order valence-electron chi connectivity index (χ4n) is 4.17. The number of hydrogen-bond acceptors (Lipinski definition) is 5. The molecule has 3 heterocycles. The normalized spacial score (nSPS) is 16.1. The predicted molar refractivity (Wildman–Crippen MR) is 124 cm³/mol. The molecule has 1 fully saturated rings. The Balaban J connectivity index is 1.34. The van der Waals surface area contributed by atoms with Crippen molar-refractivity contribution in [1.82, 2.24) is 19.9 Å². The molecule has 0 saturated carbocycles. The summed E-state index contributed by atoms with van der Waals surface area (Å²) < 4.78 is 7.28. The zero-order valence-electron chi connectivity index (χ0n) is 17.7. The van der Waals surface area contributed by atoms with Gasteiger partial charge in [0.25, 0.3) is 0 Å². The Morgan fingerprint density at radius 2 is 2.06 bits per heavy atom. The summed E-state index contributed by atoms with van der Waals surface area (Å²) in [6, 6.07) is 19.3. The van der Waals surface area contributed by atoms with E-state index in [1.807, 2.05) is 71.5 Å². The molecule has 1 amide bonds. The molecule has 1 unspecified atom stereocenters. The van der Waals surface area contributed by atoms with Gasteiger partial charge in [0.15, 0.2) is 5.65 Å². The Kier molecular flexibility index (Phi) is 5.81. The van der Waals surface area contributed by atoms with Gasteiger partial charge in [-0.25, -0.2) is 14.3 Å². The zero-order valence-corrected chi connectivity index (χ0v) is 17.7. The van der Waals surface area contributed by atoms with Crippen molar-refractivity contribution in [3.05, 3.63) is 84.3 Å². The lowest BCUT2D eigenvalue weighted by molar-refractivity contribution is 0.155. The number of aromatic nitrogens is 3. The quantitative estimate of drug-likeness (QED) is 0.486. The molecular formula is C25H25N5O2. The second kappa shape index (κ2) is 9.20. The molecule has 2 aromatic heterocycles. The smallest absolute Gasteiger partial charge is 0.411 e. The molecule has 1 atom stereocenters. The molecule has 7 nitrogen and oxygen atoms in total. The summed E-state index contributed by atoms with van der Waals surface area (Å²) >= 11 is 0. The highest BCUT2D eigenvalue weighted by atomic mass is 16.5. The maximum atomic E-state index is 12.2. The number of carbonyl (C=O) groups is 1. The lowest BCUT2D eigenvalue weighted by Gasteiger charge is -2.23. The number of anilines is 1. The number of benzene rings is 2. The molecule has 32 heavy (non-hydrogen) atoms. The Labute approximate surface area is 186 Å². The predicted octanol–water partition coefficient (Wildman–Crippen LogP) is 4.61. The standard InChI is InChI=1S/C25H25N5O2/c31-25(32-17-18-6-2-1-3-7-18)29-21-10-4-8-19(14-21)22-16-28-30-23(11-13-27-24(22)30)20-9-5-12-26-15-20/h1-4,6-8,10-11,13-14,16,20,26H,5,9,12,15,17H2,(H,29,31). The van der Waals surface area contributed by atoms with E-state index in [-0.39, 0.29) is 6.61 Å². The van der Waals surface area contributed by atoms with Gasteiger partial charge in [0.2, 0.25) is 0 Å². The van der Waals surface area contributed by atoms with Crippen LogP contribution in [-0.4, -0.2) is 33.8 Å². The van der Waals surface area contributed by atoms with Gasteiger partial charge in [-0.05, 0) is 48.7 Å². The number of piperidine rings is 1. The van der Waals surface area contributed by atoms with E-state index in [2.05, 4.69) is 26.8 Å². The van der Waals surface area contributed by atoms with Crippen molar-refractivity contribution in [2.45, 2.75) is 25.4 Å². The molecule has 4 aromatic rings. The fraction of sp³-hybridized carbons (Fsp3) is 0.240. The summed E-state index contributed by atoms with van der Waals surface area (Å²) in [6.07, 6.45) is 5.52. The van der Waals surface area contributed by atoms with Gasteiger partial charge < -0.3 is 10.1 Å². The minimum absolute atomic E-state index is 0.225. The summed E-state index contributed by atoms with van der Waals surface area (Å²) in [7, 11) is 0. The number of ether oxygens (including phenoxy) is 1. The van der Waals surface area contributed by atoms with Crippen LogP contribution in [-0.2, 0) is 11.3 Å². The van der Waals surface area contributed by atoms with E-state index in [9.17, 15) is 4.79 Å². The van der Waals surface area contributed by atoms with Crippen LogP contribution in [0.3, 0.4) is 0 Å². The minimum Gasteiger partial charge on any atom is -0.444 e. The lowest BCUT2D eigenvalue weighted by Crippen LogP contribution is -2.29. The van der Waals surface area contributed by atoms with Crippen molar-refractivity contribution in [3.63, 3.8) is 0 Å². The molecule has 2 aromatic carbocycles. The first kappa shape index (κ1) is 20.2. The van der Waals surface area contributed by atoms with Gasteiger partial charge >= 0.3 is 6.09 Å². The van der Waals surface area contributed by atoms with E-state index < -0.39 is 6.09 Å². The summed E-state index contributed by atoms with van der Waals surface area (Å²) in [6.45, 7) is 2.25. The van der Waals surface area contributed by atoms with Crippen LogP contribution < -0.4 is 10.6 Å². The fourth-order valence-corrected chi connectivity index (χ4v) is 4.17. The minimum atomic E-state index is -0.490. The lowest BCUT2D eigenvalue weighted by atomic mass is 9.96. The number of nitrogens with one attached hydrogen (secondary N) is 2. The summed E-state index contributed by atoms with van der Waals surface area (Å²) in [5.74, 6) is 0.425. The van der Waals surface area contributed by atoms with Crippen LogP contribution in [0.2, 0.25) is 0 Å². The van der Waals surface area contributed by atoms with Crippen molar-refractivity contribution < 1.29 is 9.53 Å². The Morgan fingerprint density at radius 3 is 2.91 bits per heavy atom. The van der Waals surface area contributed by atoms with Gasteiger partial charge in [0, 0.05) is 29.9 Å². The monoisotopic (exact) mass is 427 g/mol. The summed E-state index contributed by atoms with van der Waals surface area (Å²) in [5.41, 5.74) is 5.46. The van der Waals surface area contributed by atoms with Crippen LogP contribution in [0.15, 0.2) is 73.1 Å². The first-order valence-corrected chi connectivity index (χ1v) is 10.9. The van der Waals surface area contributed by atoms with E-state index in [0.29, 0.717) is 11.6 Å². The molecule has 0 bridgehead atoms. The van der Waals surface area contributed by atoms with Crippen LogP contribution in [0.5, 0.6) is 0 Å². The molecule has 2 N–H and O–H groups in total. The summed E-state index contributed by atoms with van der Waals surface area (Å²) in [5, 5.41) is 10.9. The van der Waals surface area contributed by atoms with E-state index >= 15 is 0 Å². The Hall–Kier alpha value is -3.71. The van der Waals surface area contributed by atoms with Gasteiger partial charge in [-0.15, -0.1) is 0 Å². The number of hydrogen-bond donors (Lipinski definition) is 2. The second-order valence-electron chi connectivity index (χ2n) is 7.97. The number of fused-ring (bicyclic) bond motifs is 1. The maximum absolute atomic E-state index is 12.2. The van der Waals surface area contributed by atoms with Gasteiger partial charge in [0.1, 0.15) is 6.61 Å². The molecule has 0 aliphatic carbocycles. The van der Waals surface area contributed by atoms with Crippen LogP contribution in [0.1, 0.15) is 30.0 Å². The molecule has 1 aliphatic heterocycles. The van der Waals surface area contributed by atoms with Crippen molar-refractivity contribution in [2.24, 2.45) is 0 Å². The van der Waals surface area contributed by atoms with Crippen LogP contribution in [0.4, 0.5) is 10.5 Å². The number of carbonyl (C=O) groups excluding carboxylic acids is 1. The number of rotatable bonds is 5. The SMILES string of the molecule is O=C(Nc1cccc(-c2cnn3c(C4CCCNC4)ccnc23)c1)OCc1ccccc1. The topological polar surface area (TPSA) is 80.6 Å². The maximum Gasteiger partial charge on any atom is 0.411 e. The van der Waals surface area contributed by atoms with Crippen LogP contribution >= 0.6 is 0 Å². The van der Waals surface area contributed by atoms with E-state index in [0.717, 1.165) is 48.3 Å². The van der Waals surface area contributed by atoms with Crippen LogP contribution in [0, 0.1) is 0 Å². The molecule has 5 rings (SSSR count). The molecule has 7 heteroatoms. The van der Waals surface area contributed by atoms with Gasteiger partial charge in [-0.1, -0.05) is 42.5 Å². The van der Waals surface area contributed by atoms with Crippen molar-refractivity contribution >= 4 is 17.4 Å². The molecular weight excluding hydrogens is 402 g/mol. The average molecular weight is 428 g/mol. The molecule has 162 valence electrons. The third-order valence-corrected chi connectivity index (χ3v) is 5.78. The third-order valence-electron chi connectivity index (χ3n) is 5.78. The molecule has 0 radical (unpaired) electrons. The largest absolute Gasteiger partial charge is 0.444 e. The first-order chi connectivity index (χ1) is 15.8. The van der Waals surface area contributed by atoms with Crippen LogP contribution in [0.25, 0.3) is 16.8 Å². The second-order valence-corrected chi connectivity index (χ2v) is 7.97.